The third-order valence-corrected chi connectivity index (χ3v) is 4.09. The molecule has 1 heterocycles. The van der Waals surface area contributed by atoms with Gasteiger partial charge in [-0.05, 0) is 62.1 Å². The number of rotatable bonds is 1. The van der Waals surface area contributed by atoms with Crippen molar-refractivity contribution < 1.29 is 4.79 Å². The Balaban J connectivity index is 2.02. The molecule has 1 aliphatic heterocycles. The van der Waals surface area contributed by atoms with Gasteiger partial charge in [0.1, 0.15) is 0 Å². The van der Waals surface area contributed by atoms with Crippen LogP contribution in [0.3, 0.4) is 0 Å². The van der Waals surface area contributed by atoms with Crippen LogP contribution in [0.1, 0.15) is 33.5 Å². The Kier molecular flexibility index (Phi) is 3.42. The van der Waals surface area contributed by atoms with Gasteiger partial charge in [0.15, 0.2) is 0 Å². The number of carbonyl (C=O) groups is 1. The van der Waals surface area contributed by atoms with Gasteiger partial charge in [0.2, 0.25) is 0 Å². The zero-order valence-electron chi connectivity index (χ0n) is 12.5. The van der Waals surface area contributed by atoms with E-state index in [-0.39, 0.29) is 5.91 Å². The summed E-state index contributed by atoms with van der Waals surface area (Å²) in [7, 11) is 0. The first-order valence-corrected chi connectivity index (χ1v) is 7.34. The number of nitrogens with two attached hydrogens (primary N) is 1. The number of amides is 1. The Morgan fingerprint density at radius 2 is 1.95 bits per heavy atom. The second-order valence-corrected chi connectivity index (χ2v) is 5.77. The molecule has 1 aliphatic rings. The van der Waals surface area contributed by atoms with E-state index in [4.69, 9.17) is 5.73 Å². The predicted molar refractivity (Wildman–Crippen MR) is 86.8 cm³/mol. The van der Waals surface area contributed by atoms with Crippen LogP contribution in [0.15, 0.2) is 36.4 Å². The van der Waals surface area contributed by atoms with Crippen molar-refractivity contribution in [2.24, 2.45) is 0 Å². The van der Waals surface area contributed by atoms with Crippen LogP contribution >= 0.6 is 0 Å². The lowest BCUT2D eigenvalue weighted by atomic mass is 9.98. The van der Waals surface area contributed by atoms with Gasteiger partial charge in [0.25, 0.3) is 5.91 Å². The Hall–Kier alpha value is -2.29. The van der Waals surface area contributed by atoms with E-state index in [2.05, 4.69) is 0 Å². The quantitative estimate of drug-likeness (QED) is 0.813. The van der Waals surface area contributed by atoms with Gasteiger partial charge in [-0.15, -0.1) is 0 Å². The van der Waals surface area contributed by atoms with Crippen molar-refractivity contribution in [1.82, 2.24) is 0 Å². The lowest BCUT2D eigenvalue weighted by Crippen LogP contribution is -2.35. The molecule has 0 fully saturated rings. The molecule has 3 heteroatoms. The summed E-state index contributed by atoms with van der Waals surface area (Å²) in [5.74, 6) is 0.0851. The summed E-state index contributed by atoms with van der Waals surface area (Å²) in [6, 6.07) is 11.8. The first-order valence-electron chi connectivity index (χ1n) is 7.34. The molecule has 2 N–H and O–H groups in total. The average molecular weight is 280 g/mol. The molecule has 0 saturated carbocycles. The highest BCUT2D eigenvalue weighted by molar-refractivity contribution is 6.07. The number of benzene rings is 2. The van der Waals surface area contributed by atoms with Crippen molar-refractivity contribution in [1.29, 1.82) is 0 Å². The maximum absolute atomic E-state index is 12.9. The first-order chi connectivity index (χ1) is 10.1. The van der Waals surface area contributed by atoms with Crippen LogP contribution in [0.2, 0.25) is 0 Å². The van der Waals surface area contributed by atoms with Crippen molar-refractivity contribution >= 4 is 17.3 Å². The number of nitrogens with zero attached hydrogens (tertiary/aromatic N) is 1. The fourth-order valence-corrected chi connectivity index (χ4v) is 2.94. The molecule has 0 saturated heterocycles. The molecule has 0 radical (unpaired) electrons. The summed E-state index contributed by atoms with van der Waals surface area (Å²) in [5.41, 5.74) is 11.7. The molecule has 3 nitrogen and oxygen atoms in total. The SMILES string of the molecule is Cc1ccc(C)c(C(=O)N2CCCc3cc(N)ccc32)c1. The monoisotopic (exact) mass is 280 g/mol. The Morgan fingerprint density at radius 1 is 1.14 bits per heavy atom. The van der Waals surface area contributed by atoms with Gasteiger partial charge >= 0.3 is 0 Å². The lowest BCUT2D eigenvalue weighted by Gasteiger charge is -2.30. The fraction of sp³-hybridized carbons (Fsp3) is 0.278. The molecule has 108 valence electrons. The zero-order valence-corrected chi connectivity index (χ0v) is 12.5. The number of nitrogen functional groups attached to an aromatic ring is 1. The van der Waals surface area contributed by atoms with Crippen molar-refractivity contribution in [2.75, 3.05) is 17.2 Å². The summed E-state index contributed by atoms with van der Waals surface area (Å²) in [4.78, 5) is 14.8. The number of anilines is 2. The fourth-order valence-electron chi connectivity index (χ4n) is 2.94. The number of carbonyl (C=O) groups excluding carboxylic acids is 1. The molecule has 2 aromatic rings. The van der Waals surface area contributed by atoms with Crippen LogP contribution in [-0.2, 0) is 6.42 Å². The van der Waals surface area contributed by atoms with Crippen LogP contribution in [0.4, 0.5) is 11.4 Å². The molecule has 0 aromatic heterocycles. The minimum absolute atomic E-state index is 0.0851. The molecule has 21 heavy (non-hydrogen) atoms. The topological polar surface area (TPSA) is 46.3 Å². The summed E-state index contributed by atoms with van der Waals surface area (Å²) < 4.78 is 0. The third-order valence-electron chi connectivity index (χ3n) is 4.09. The summed E-state index contributed by atoms with van der Waals surface area (Å²) in [6.07, 6.45) is 1.96. The summed E-state index contributed by atoms with van der Waals surface area (Å²) in [5, 5.41) is 0. The number of hydrogen-bond acceptors (Lipinski definition) is 2. The molecule has 0 aliphatic carbocycles. The van der Waals surface area contributed by atoms with Gasteiger partial charge in [-0.3, -0.25) is 4.79 Å². The molecular weight excluding hydrogens is 260 g/mol. The normalized spacial score (nSPS) is 13.9. The summed E-state index contributed by atoms with van der Waals surface area (Å²) in [6.45, 7) is 4.77. The second kappa shape index (κ2) is 5.24. The molecule has 0 unspecified atom stereocenters. The molecule has 1 amide bonds. The van der Waals surface area contributed by atoms with Gasteiger partial charge in [0, 0.05) is 23.5 Å². The molecule has 3 rings (SSSR count). The summed E-state index contributed by atoms with van der Waals surface area (Å²) >= 11 is 0. The van der Waals surface area contributed by atoms with Gasteiger partial charge in [-0.2, -0.15) is 0 Å². The zero-order chi connectivity index (χ0) is 15.0. The van der Waals surface area contributed by atoms with Crippen LogP contribution < -0.4 is 10.6 Å². The maximum atomic E-state index is 12.9. The largest absolute Gasteiger partial charge is 0.399 e. The molecular formula is C18H20N2O. The minimum Gasteiger partial charge on any atom is -0.399 e. The first kappa shape index (κ1) is 13.7. The average Bonchev–Trinajstić information content (AvgIpc) is 2.48. The van der Waals surface area contributed by atoms with Gasteiger partial charge in [-0.25, -0.2) is 0 Å². The van der Waals surface area contributed by atoms with E-state index in [0.29, 0.717) is 0 Å². The van der Waals surface area contributed by atoms with Crippen molar-refractivity contribution in [3.05, 3.63) is 58.7 Å². The van der Waals surface area contributed by atoms with E-state index < -0.39 is 0 Å². The highest BCUT2D eigenvalue weighted by Crippen LogP contribution is 2.30. The number of hydrogen-bond donors (Lipinski definition) is 1. The minimum atomic E-state index is 0.0851. The molecule has 0 atom stereocenters. The Labute approximate surface area is 125 Å². The third kappa shape index (κ3) is 2.51. The molecule has 0 bridgehead atoms. The maximum Gasteiger partial charge on any atom is 0.258 e. The van der Waals surface area contributed by atoms with Gasteiger partial charge < -0.3 is 10.6 Å². The van der Waals surface area contributed by atoms with Crippen molar-refractivity contribution in [3.63, 3.8) is 0 Å². The predicted octanol–water partition coefficient (Wildman–Crippen LogP) is 3.48. The van der Waals surface area contributed by atoms with E-state index in [0.717, 1.165) is 47.5 Å². The smallest absolute Gasteiger partial charge is 0.258 e. The Morgan fingerprint density at radius 3 is 2.76 bits per heavy atom. The number of aryl methyl sites for hydroxylation is 3. The molecule has 0 spiro atoms. The van der Waals surface area contributed by atoms with E-state index >= 15 is 0 Å². The van der Waals surface area contributed by atoms with E-state index in [1.807, 2.05) is 55.1 Å². The lowest BCUT2D eigenvalue weighted by molar-refractivity contribution is 0.0984. The standard InChI is InChI=1S/C18H20N2O/c1-12-5-6-13(2)16(10-12)18(21)20-9-3-4-14-11-15(19)7-8-17(14)20/h5-8,10-11H,3-4,9,19H2,1-2H3. The van der Waals surface area contributed by atoms with Crippen LogP contribution in [0.5, 0.6) is 0 Å². The van der Waals surface area contributed by atoms with Gasteiger partial charge in [-0.1, -0.05) is 17.7 Å². The van der Waals surface area contributed by atoms with Crippen LogP contribution in [0, 0.1) is 13.8 Å². The van der Waals surface area contributed by atoms with Crippen molar-refractivity contribution in [2.45, 2.75) is 26.7 Å². The Bertz CT molecular complexity index is 706. The van der Waals surface area contributed by atoms with Crippen LogP contribution in [-0.4, -0.2) is 12.5 Å². The highest BCUT2D eigenvalue weighted by Gasteiger charge is 2.24. The van der Waals surface area contributed by atoms with E-state index in [1.165, 1.54) is 5.56 Å². The highest BCUT2D eigenvalue weighted by atomic mass is 16.2. The second-order valence-electron chi connectivity index (χ2n) is 5.77. The molecule has 2 aromatic carbocycles. The van der Waals surface area contributed by atoms with Crippen LogP contribution in [0.25, 0.3) is 0 Å². The van der Waals surface area contributed by atoms with E-state index in [1.54, 1.807) is 0 Å². The van der Waals surface area contributed by atoms with Gasteiger partial charge in [0.05, 0.1) is 0 Å². The van der Waals surface area contributed by atoms with E-state index in [9.17, 15) is 4.79 Å². The number of fused-ring (bicyclic) bond motifs is 1. The van der Waals surface area contributed by atoms with Crippen molar-refractivity contribution in [3.8, 4) is 0 Å².